The number of benzene rings is 1. The molecule has 15 heavy (non-hydrogen) atoms. The number of hydrogen-bond donors (Lipinski definition) is 0. The van der Waals surface area contributed by atoms with Crippen LogP contribution in [0.15, 0.2) is 54.7 Å². The second-order valence-electron chi connectivity index (χ2n) is 3.47. The van der Waals surface area contributed by atoms with Crippen LogP contribution in [0.5, 0.6) is 0 Å². The molecule has 0 amide bonds. The van der Waals surface area contributed by atoms with Gasteiger partial charge in [-0.3, -0.25) is 0 Å². The zero-order chi connectivity index (χ0) is 9.80. The van der Waals surface area contributed by atoms with E-state index in [1.54, 1.807) is 0 Å². The van der Waals surface area contributed by atoms with Crippen molar-refractivity contribution in [3.8, 4) is 0 Å². The summed E-state index contributed by atoms with van der Waals surface area (Å²) in [5.41, 5.74) is 2.69. The summed E-state index contributed by atoms with van der Waals surface area (Å²) in [7, 11) is 2.08. The Labute approximate surface area is 108 Å². The van der Waals surface area contributed by atoms with Crippen LogP contribution < -0.4 is 28.5 Å². The molecule has 0 saturated carbocycles. The molecule has 0 saturated heterocycles. The maximum absolute atomic E-state index is 2.16. The number of rotatable bonds is 2. The average molecular weight is 311 g/mol. The summed E-state index contributed by atoms with van der Waals surface area (Å²) >= 11 is 0. The molecule has 78 valence electrons. The van der Waals surface area contributed by atoms with Crippen LogP contribution in [0, 0.1) is 0 Å². The highest BCUT2D eigenvalue weighted by atomic mass is 127. The lowest BCUT2D eigenvalue weighted by Crippen LogP contribution is -3.00. The molecule has 1 nitrogen and oxygen atoms in total. The molecule has 0 radical (unpaired) electrons. The first kappa shape index (κ1) is 12.2. The second-order valence-corrected chi connectivity index (χ2v) is 3.47. The lowest BCUT2D eigenvalue weighted by atomic mass is 10.1. The second kappa shape index (κ2) is 5.85. The van der Waals surface area contributed by atoms with Crippen LogP contribution >= 0.6 is 0 Å². The van der Waals surface area contributed by atoms with E-state index in [9.17, 15) is 0 Å². The molecule has 0 aliphatic rings. The van der Waals surface area contributed by atoms with Crippen molar-refractivity contribution in [3.05, 3.63) is 66.0 Å². The predicted octanol–water partition coefficient (Wildman–Crippen LogP) is -0.894. The highest BCUT2D eigenvalue weighted by molar-refractivity contribution is 5.19. The van der Waals surface area contributed by atoms with Gasteiger partial charge in [-0.2, -0.15) is 0 Å². The molecule has 2 aromatic rings. The van der Waals surface area contributed by atoms with Crippen LogP contribution in [0.3, 0.4) is 0 Å². The van der Waals surface area contributed by atoms with Gasteiger partial charge in [0.2, 0.25) is 0 Å². The van der Waals surface area contributed by atoms with Crippen LogP contribution in [-0.4, -0.2) is 0 Å². The molecule has 0 aliphatic heterocycles. The van der Waals surface area contributed by atoms with E-state index in [1.165, 1.54) is 11.3 Å². The topological polar surface area (TPSA) is 3.88 Å². The number of aromatic nitrogens is 1. The van der Waals surface area contributed by atoms with Crippen molar-refractivity contribution in [1.82, 2.24) is 0 Å². The summed E-state index contributed by atoms with van der Waals surface area (Å²) in [6, 6.07) is 16.8. The fourth-order valence-corrected chi connectivity index (χ4v) is 1.55. The van der Waals surface area contributed by atoms with Crippen LogP contribution in [0.2, 0.25) is 0 Å². The van der Waals surface area contributed by atoms with Crippen molar-refractivity contribution < 1.29 is 28.5 Å². The molecular weight excluding hydrogens is 297 g/mol. The Balaban J connectivity index is 0.00000112. The van der Waals surface area contributed by atoms with Gasteiger partial charge >= 0.3 is 0 Å². The van der Waals surface area contributed by atoms with Gasteiger partial charge in [0.15, 0.2) is 11.9 Å². The van der Waals surface area contributed by atoms with E-state index < -0.39 is 0 Å². The average Bonchev–Trinajstić information content (AvgIpc) is 2.23. The Morgan fingerprint density at radius 1 is 0.933 bits per heavy atom. The summed E-state index contributed by atoms with van der Waals surface area (Å²) in [5.74, 6) is 0. The largest absolute Gasteiger partial charge is 1.00 e. The predicted molar refractivity (Wildman–Crippen MR) is 56.9 cm³/mol. The van der Waals surface area contributed by atoms with E-state index >= 15 is 0 Å². The third-order valence-electron chi connectivity index (χ3n) is 2.39. The first-order valence-corrected chi connectivity index (χ1v) is 4.84. The molecule has 0 fully saturated rings. The molecule has 0 bridgehead atoms. The highest BCUT2D eigenvalue weighted by Crippen LogP contribution is 2.04. The number of aryl methyl sites for hydroxylation is 1. The molecule has 2 heteroatoms. The third-order valence-corrected chi connectivity index (χ3v) is 2.39. The van der Waals surface area contributed by atoms with Gasteiger partial charge in [-0.05, 0) is 5.56 Å². The van der Waals surface area contributed by atoms with Crippen LogP contribution in [0.1, 0.15) is 11.3 Å². The van der Waals surface area contributed by atoms with E-state index in [0.29, 0.717) is 0 Å². The smallest absolute Gasteiger partial charge is 0.185 e. The van der Waals surface area contributed by atoms with Gasteiger partial charge < -0.3 is 24.0 Å². The molecular formula is C13H14IN. The van der Waals surface area contributed by atoms with Crippen LogP contribution in [0.4, 0.5) is 0 Å². The molecule has 2 rings (SSSR count). The standard InChI is InChI=1S/C13H14N.HI/c1-14-10-6-5-9-13(14)11-12-7-3-2-4-8-12;/h2-10H,11H2,1H3;1H/q+1;/p-1. The van der Waals surface area contributed by atoms with Crippen molar-refractivity contribution in [3.63, 3.8) is 0 Å². The van der Waals surface area contributed by atoms with Crippen LogP contribution in [0.25, 0.3) is 0 Å². The minimum absolute atomic E-state index is 0. The SMILES string of the molecule is C[n+]1ccccc1Cc1ccccc1.[I-]. The molecule has 1 aromatic heterocycles. The minimum Gasteiger partial charge on any atom is -1.00 e. The fraction of sp³-hybridized carbons (Fsp3) is 0.154. The molecule has 0 N–H and O–H groups in total. The zero-order valence-electron chi connectivity index (χ0n) is 8.73. The molecule has 1 aromatic carbocycles. The summed E-state index contributed by atoms with van der Waals surface area (Å²) < 4.78 is 2.16. The summed E-state index contributed by atoms with van der Waals surface area (Å²) in [6.45, 7) is 0. The minimum atomic E-state index is 0. The maximum Gasteiger partial charge on any atom is 0.185 e. The first-order valence-electron chi connectivity index (χ1n) is 4.84. The van der Waals surface area contributed by atoms with Gasteiger partial charge in [-0.25, -0.2) is 4.57 Å². The van der Waals surface area contributed by atoms with E-state index in [1.807, 2.05) is 0 Å². The van der Waals surface area contributed by atoms with E-state index in [0.717, 1.165) is 6.42 Å². The van der Waals surface area contributed by atoms with Crippen molar-refractivity contribution in [2.45, 2.75) is 6.42 Å². The van der Waals surface area contributed by atoms with E-state index in [-0.39, 0.29) is 24.0 Å². The number of hydrogen-bond acceptors (Lipinski definition) is 0. The summed E-state index contributed by atoms with van der Waals surface area (Å²) in [5, 5.41) is 0. The molecule has 0 unspecified atom stereocenters. The first-order chi connectivity index (χ1) is 6.86. The van der Waals surface area contributed by atoms with Gasteiger partial charge in [0.05, 0.1) is 6.42 Å². The maximum atomic E-state index is 2.16. The van der Waals surface area contributed by atoms with Gasteiger partial charge in [-0.15, -0.1) is 0 Å². The van der Waals surface area contributed by atoms with E-state index in [4.69, 9.17) is 0 Å². The Bertz CT molecular complexity index is 412. The van der Waals surface area contributed by atoms with Gasteiger partial charge in [0, 0.05) is 12.1 Å². The van der Waals surface area contributed by atoms with Gasteiger partial charge in [-0.1, -0.05) is 36.4 Å². The van der Waals surface area contributed by atoms with Crippen molar-refractivity contribution in [1.29, 1.82) is 0 Å². The van der Waals surface area contributed by atoms with E-state index in [2.05, 4.69) is 66.3 Å². The number of halogens is 1. The quantitative estimate of drug-likeness (QED) is 0.500. The lowest BCUT2D eigenvalue weighted by molar-refractivity contribution is -0.678. The lowest BCUT2D eigenvalue weighted by Gasteiger charge is -1.99. The third kappa shape index (κ3) is 3.30. The van der Waals surface area contributed by atoms with Crippen molar-refractivity contribution in [2.75, 3.05) is 0 Å². The van der Waals surface area contributed by atoms with Crippen molar-refractivity contribution in [2.24, 2.45) is 7.05 Å². The van der Waals surface area contributed by atoms with Crippen LogP contribution in [-0.2, 0) is 13.5 Å². The zero-order valence-corrected chi connectivity index (χ0v) is 10.9. The molecule has 0 atom stereocenters. The fourth-order valence-electron chi connectivity index (χ4n) is 1.55. The van der Waals surface area contributed by atoms with Crippen molar-refractivity contribution >= 4 is 0 Å². The Morgan fingerprint density at radius 2 is 1.60 bits per heavy atom. The monoisotopic (exact) mass is 311 g/mol. The molecule has 0 aliphatic carbocycles. The highest BCUT2D eigenvalue weighted by Gasteiger charge is 2.04. The van der Waals surface area contributed by atoms with Gasteiger partial charge in [0.1, 0.15) is 7.05 Å². The normalized spacial score (nSPS) is 9.40. The summed E-state index contributed by atoms with van der Waals surface area (Å²) in [6.07, 6.45) is 3.08. The van der Waals surface area contributed by atoms with Gasteiger partial charge in [0.25, 0.3) is 0 Å². The number of nitrogens with zero attached hydrogens (tertiary/aromatic N) is 1. The molecule has 0 spiro atoms. The summed E-state index contributed by atoms with van der Waals surface area (Å²) in [4.78, 5) is 0. The molecule has 1 heterocycles. The Hall–Kier alpha value is -0.900. The Kier molecular flexibility index (Phi) is 4.75. The Morgan fingerprint density at radius 3 is 2.27 bits per heavy atom. The number of pyridine rings is 1.